The quantitative estimate of drug-likeness (QED) is 0.204. The smallest absolute Gasteiger partial charge is 0.247 e. The first-order chi connectivity index (χ1) is 15.5. The van der Waals surface area contributed by atoms with E-state index in [-0.39, 0.29) is 56.5 Å². The molecule has 18 heteroatoms. The number of sulfonamides is 2. The third-order valence-corrected chi connectivity index (χ3v) is 7.71. The Morgan fingerprint density at radius 3 is 2.27 bits per heavy atom. The summed E-state index contributed by atoms with van der Waals surface area (Å²) in [5.74, 6) is -0.595. The van der Waals surface area contributed by atoms with E-state index < -0.39 is 42.3 Å². The van der Waals surface area contributed by atoms with Crippen LogP contribution < -0.4 is 10.5 Å². The number of amides is 1. The maximum absolute atomic E-state index is 13.1. The first-order valence-electron chi connectivity index (χ1n) is 9.29. The van der Waals surface area contributed by atoms with Gasteiger partial charge in [0.2, 0.25) is 26.0 Å². The second kappa shape index (κ2) is 11.5. The first kappa shape index (κ1) is 26.7. The largest absolute Gasteiger partial charge is 0.370 e. The van der Waals surface area contributed by atoms with Gasteiger partial charge in [0.25, 0.3) is 0 Å². The Labute approximate surface area is 194 Å². The Morgan fingerprint density at radius 1 is 1.18 bits per heavy atom. The highest BCUT2D eigenvalue weighted by atomic mass is 35.5. The minimum Gasteiger partial charge on any atom is -0.370 e. The van der Waals surface area contributed by atoms with Gasteiger partial charge in [-0.25, -0.2) is 22.0 Å². The molecule has 33 heavy (non-hydrogen) atoms. The lowest BCUT2D eigenvalue weighted by Gasteiger charge is -2.31. The van der Waals surface area contributed by atoms with E-state index in [4.69, 9.17) is 16.7 Å². The van der Waals surface area contributed by atoms with E-state index >= 15 is 0 Å². The summed E-state index contributed by atoms with van der Waals surface area (Å²) >= 11 is 5.90. The van der Waals surface area contributed by atoms with Crippen molar-refractivity contribution in [3.8, 4) is 0 Å². The molecule has 0 saturated carbocycles. The Morgan fingerprint density at radius 2 is 1.76 bits per heavy atom. The lowest BCUT2D eigenvalue weighted by molar-refractivity contribution is -0.131. The van der Waals surface area contributed by atoms with Crippen LogP contribution in [0.2, 0.25) is 5.02 Å². The number of carbonyl (C=O) groups excluding carboxylic acids is 1. The van der Waals surface area contributed by atoms with Crippen LogP contribution in [0.5, 0.6) is 0 Å². The van der Waals surface area contributed by atoms with Crippen LogP contribution >= 0.6 is 11.6 Å². The van der Waals surface area contributed by atoms with E-state index in [1.807, 2.05) is 0 Å². The van der Waals surface area contributed by atoms with E-state index in [0.717, 1.165) is 16.4 Å². The molecule has 15 nitrogen and oxygen atoms in total. The van der Waals surface area contributed by atoms with Crippen LogP contribution in [0, 0.1) is 9.81 Å². The molecule has 1 aliphatic heterocycles. The van der Waals surface area contributed by atoms with Crippen LogP contribution in [0.4, 0.5) is 5.69 Å². The Kier molecular flexibility index (Phi) is 9.29. The molecular weight excluding hydrogens is 508 g/mol. The molecule has 3 N–H and O–H groups in total. The maximum atomic E-state index is 13.1. The number of halogens is 1. The van der Waals surface area contributed by atoms with Crippen molar-refractivity contribution in [3.05, 3.63) is 27.0 Å². The van der Waals surface area contributed by atoms with Gasteiger partial charge in [-0.3, -0.25) is 4.79 Å². The van der Waals surface area contributed by atoms with E-state index in [1.54, 1.807) is 0 Å². The second-order valence-electron chi connectivity index (χ2n) is 6.68. The zero-order valence-corrected chi connectivity index (χ0v) is 19.4. The number of fused-ring (bicyclic) bond motifs is 1. The normalized spacial score (nSPS) is 15.1. The number of carbonyl (C=O) groups is 1. The Hall–Kier alpha value is -2.60. The highest BCUT2D eigenvalue weighted by Crippen LogP contribution is 2.35. The van der Waals surface area contributed by atoms with Crippen molar-refractivity contribution >= 4 is 43.2 Å². The van der Waals surface area contributed by atoms with Gasteiger partial charge < -0.3 is 19.9 Å². The lowest BCUT2D eigenvalue weighted by Crippen LogP contribution is -2.47. The van der Waals surface area contributed by atoms with Gasteiger partial charge in [0.05, 0.1) is 23.9 Å². The number of anilines is 1. The fourth-order valence-electron chi connectivity index (χ4n) is 2.97. The minimum absolute atomic E-state index is 0.0602. The average molecular weight is 529 g/mol. The number of hydrogen-bond acceptors (Lipinski definition) is 12. The number of nitrogens with zero attached hydrogens (tertiary/aromatic N) is 4. The van der Waals surface area contributed by atoms with Crippen LogP contribution in [0.3, 0.4) is 0 Å². The molecule has 0 saturated heterocycles. The fourth-order valence-corrected chi connectivity index (χ4v) is 5.61. The third kappa shape index (κ3) is 6.94. The van der Waals surface area contributed by atoms with Crippen molar-refractivity contribution in [2.24, 2.45) is 15.8 Å². The van der Waals surface area contributed by atoms with Crippen LogP contribution in [0.15, 0.2) is 32.6 Å². The summed E-state index contributed by atoms with van der Waals surface area (Å²) in [6, 6.07) is 1.96. The minimum atomic E-state index is -4.30. The van der Waals surface area contributed by atoms with Gasteiger partial charge in [0.1, 0.15) is 23.0 Å². The van der Waals surface area contributed by atoms with Crippen molar-refractivity contribution in [1.29, 1.82) is 0 Å². The summed E-state index contributed by atoms with van der Waals surface area (Å²) in [7, 11) is -8.59. The zero-order chi connectivity index (χ0) is 24.6. The number of hydrogen-bond donors (Lipinski definition) is 2. The molecule has 0 fully saturated rings. The predicted octanol–water partition coefficient (Wildman–Crippen LogP) is 0.366. The number of primary sulfonamides is 1. The highest BCUT2D eigenvalue weighted by molar-refractivity contribution is 7.90. The van der Waals surface area contributed by atoms with Crippen LogP contribution in [0.1, 0.15) is 12.8 Å². The molecule has 1 heterocycles. The molecule has 1 aliphatic rings. The van der Waals surface area contributed by atoms with Crippen molar-refractivity contribution in [1.82, 2.24) is 9.21 Å². The van der Waals surface area contributed by atoms with Gasteiger partial charge in [0, 0.05) is 25.9 Å². The van der Waals surface area contributed by atoms with E-state index in [1.165, 1.54) is 4.90 Å². The highest BCUT2D eigenvalue weighted by Gasteiger charge is 2.35. The molecule has 0 unspecified atom stereocenters. The van der Waals surface area contributed by atoms with E-state index in [0.29, 0.717) is 0 Å². The summed E-state index contributed by atoms with van der Waals surface area (Å²) in [4.78, 5) is 41.9. The van der Waals surface area contributed by atoms with Crippen molar-refractivity contribution < 1.29 is 31.3 Å². The number of nitrogens with two attached hydrogens (primary N) is 1. The Bertz CT molecular complexity index is 1080. The molecule has 0 atom stereocenters. The van der Waals surface area contributed by atoms with E-state index in [9.17, 15) is 31.4 Å². The summed E-state index contributed by atoms with van der Waals surface area (Å²) in [5.41, 5.74) is 0.0602. The third-order valence-electron chi connectivity index (χ3n) is 4.50. The Balaban J connectivity index is 2.21. The number of benzene rings is 1. The van der Waals surface area contributed by atoms with Crippen molar-refractivity contribution in [2.45, 2.75) is 22.6 Å². The summed E-state index contributed by atoms with van der Waals surface area (Å²) in [5, 5.41) is 12.1. The molecule has 0 aliphatic carbocycles. The molecule has 0 radical (unpaired) electrons. The molecule has 2 rings (SSSR count). The summed E-state index contributed by atoms with van der Waals surface area (Å²) < 4.78 is 50.4. The fraction of sp³-hybridized carbons (Fsp3) is 0.533. The van der Waals surface area contributed by atoms with Crippen LogP contribution in [-0.4, -0.2) is 71.5 Å². The SMILES string of the molecule is NS(=O)(=O)c1cc2c(cc1Cl)NCN(CC(=O)N(CCCON=O)CCCON=O)S2(=O)=O. The van der Waals surface area contributed by atoms with Crippen LogP contribution in [0.25, 0.3) is 0 Å². The summed E-state index contributed by atoms with van der Waals surface area (Å²) in [6.07, 6.45) is 0.461. The van der Waals surface area contributed by atoms with E-state index in [2.05, 4.69) is 25.7 Å². The molecule has 0 spiro atoms. The molecular formula is C15H21ClN6O9S2. The molecule has 1 aromatic rings. The predicted molar refractivity (Wildman–Crippen MR) is 115 cm³/mol. The van der Waals surface area contributed by atoms with Gasteiger partial charge in [-0.1, -0.05) is 11.6 Å². The van der Waals surface area contributed by atoms with Crippen molar-refractivity contribution in [2.75, 3.05) is 44.8 Å². The van der Waals surface area contributed by atoms with Crippen molar-refractivity contribution in [3.63, 3.8) is 0 Å². The second-order valence-corrected chi connectivity index (χ2v) is 10.5. The molecule has 0 aromatic heterocycles. The lowest BCUT2D eigenvalue weighted by atomic mass is 10.3. The number of rotatable bonds is 13. The zero-order valence-electron chi connectivity index (χ0n) is 17.0. The standard InChI is InChI=1S/C15H21ClN6O9S2/c16-11-7-12-14(8-13(11)32(17,26)27)33(28,29)22(10-18-12)9-15(23)21(3-1-5-30-19-24)4-2-6-31-20-25/h7-8,18H,1-6,9-10H2,(H2,17,26,27). The van der Waals surface area contributed by atoms with Gasteiger partial charge in [-0.2, -0.15) is 4.31 Å². The molecule has 0 bridgehead atoms. The molecule has 1 aromatic carbocycles. The topological polar surface area (TPSA) is 207 Å². The number of nitrogens with one attached hydrogen (secondary N) is 1. The molecule has 1 amide bonds. The maximum Gasteiger partial charge on any atom is 0.247 e. The summed E-state index contributed by atoms with van der Waals surface area (Å²) in [6.45, 7) is -0.780. The van der Waals surface area contributed by atoms with Gasteiger partial charge in [-0.15, -0.1) is 9.81 Å². The monoisotopic (exact) mass is 528 g/mol. The van der Waals surface area contributed by atoms with Gasteiger partial charge in [0.15, 0.2) is 10.7 Å². The molecule has 184 valence electrons. The average Bonchev–Trinajstić information content (AvgIpc) is 2.73. The van der Waals surface area contributed by atoms with Crippen LogP contribution in [-0.2, 0) is 34.5 Å². The van der Waals surface area contributed by atoms with Gasteiger partial charge in [-0.05, 0) is 12.1 Å². The van der Waals surface area contributed by atoms with Gasteiger partial charge >= 0.3 is 0 Å². The first-order valence-corrected chi connectivity index (χ1v) is 12.7.